The molecule has 0 aliphatic carbocycles. The minimum absolute atomic E-state index is 0.174. The summed E-state index contributed by atoms with van der Waals surface area (Å²) >= 11 is 0. The number of nitrogens with one attached hydrogen (secondary N) is 1. The Morgan fingerprint density at radius 1 is 1.31 bits per heavy atom. The van der Waals surface area contributed by atoms with Crippen LogP contribution in [0, 0.1) is 5.92 Å². The third-order valence-electron chi connectivity index (χ3n) is 2.99. The molecule has 0 unspecified atom stereocenters. The van der Waals surface area contributed by atoms with E-state index < -0.39 is 10.0 Å². The lowest BCUT2D eigenvalue weighted by Crippen LogP contribution is -2.45. The second-order valence-electron chi connectivity index (χ2n) is 4.84. The SMILES string of the molecule is CCN(CC(C)C)S(=O)(=O)C1CCNCC1. The fraction of sp³-hybridized carbons (Fsp3) is 1.00. The van der Waals surface area contributed by atoms with Crippen molar-refractivity contribution in [2.45, 2.75) is 38.9 Å². The quantitative estimate of drug-likeness (QED) is 0.791. The first-order chi connectivity index (χ1) is 7.48. The van der Waals surface area contributed by atoms with Gasteiger partial charge in [-0.05, 0) is 31.8 Å². The molecule has 4 nitrogen and oxygen atoms in total. The van der Waals surface area contributed by atoms with Crippen LogP contribution in [-0.4, -0.2) is 44.2 Å². The van der Waals surface area contributed by atoms with Crippen molar-refractivity contribution in [3.05, 3.63) is 0 Å². The summed E-state index contributed by atoms with van der Waals surface area (Å²) in [4.78, 5) is 0. The Morgan fingerprint density at radius 2 is 1.88 bits per heavy atom. The Balaban J connectivity index is 2.72. The zero-order valence-electron chi connectivity index (χ0n) is 10.6. The van der Waals surface area contributed by atoms with Gasteiger partial charge in [0.05, 0.1) is 5.25 Å². The molecule has 96 valence electrons. The summed E-state index contributed by atoms with van der Waals surface area (Å²) in [5, 5.41) is 3.03. The molecule has 1 saturated heterocycles. The summed E-state index contributed by atoms with van der Waals surface area (Å²) in [7, 11) is -3.08. The van der Waals surface area contributed by atoms with Gasteiger partial charge in [0.15, 0.2) is 0 Å². The minimum atomic E-state index is -3.08. The van der Waals surface area contributed by atoms with Crippen LogP contribution in [0.25, 0.3) is 0 Å². The van der Waals surface area contributed by atoms with Gasteiger partial charge in [0, 0.05) is 13.1 Å². The summed E-state index contributed by atoms with van der Waals surface area (Å²) in [6.45, 7) is 8.90. The van der Waals surface area contributed by atoms with Crippen LogP contribution < -0.4 is 5.32 Å². The van der Waals surface area contributed by atoms with E-state index in [9.17, 15) is 8.42 Å². The molecule has 0 aromatic carbocycles. The first-order valence-electron chi connectivity index (χ1n) is 6.18. The van der Waals surface area contributed by atoms with Crippen molar-refractivity contribution in [3.63, 3.8) is 0 Å². The van der Waals surface area contributed by atoms with Gasteiger partial charge in [0.25, 0.3) is 0 Å². The van der Waals surface area contributed by atoms with E-state index >= 15 is 0 Å². The largest absolute Gasteiger partial charge is 0.317 e. The Labute approximate surface area is 99.5 Å². The molecular weight excluding hydrogens is 224 g/mol. The van der Waals surface area contributed by atoms with Gasteiger partial charge >= 0.3 is 0 Å². The lowest BCUT2D eigenvalue weighted by Gasteiger charge is -2.30. The molecular formula is C11H24N2O2S. The number of nitrogens with zero attached hydrogens (tertiary/aromatic N) is 1. The Morgan fingerprint density at radius 3 is 2.31 bits per heavy atom. The minimum Gasteiger partial charge on any atom is -0.317 e. The number of sulfonamides is 1. The average molecular weight is 248 g/mol. The molecule has 0 bridgehead atoms. The summed E-state index contributed by atoms with van der Waals surface area (Å²) < 4.78 is 26.3. The van der Waals surface area contributed by atoms with Gasteiger partial charge in [-0.1, -0.05) is 20.8 Å². The predicted molar refractivity (Wildman–Crippen MR) is 66.9 cm³/mol. The molecule has 0 spiro atoms. The van der Waals surface area contributed by atoms with E-state index in [1.807, 2.05) is 6.92 Å². The average Bonchev–Trinajstić information content (AvgIpc) is 2.26. The maximum Gasteiger partial charge on any atom is 0.217 e. The van der Waals surface area contributed by atoms with Gasteiger partial charge in [-0.3, -0.25) is 0 Å². The van der Waals surface area contributed by atoms with Crippen LogP contribution in [0.3, 0.4) is 0 Å². The fourth-order valence-electron chi connectivity index (χ4n) is 2.12. The van der Waals surface area contributed by atoms with Crippen LogP contribution in [0.5, 0.6) is 0 Å². The molecule has 1 N–H and O–H groups in total. The van der Waals surface area contributed by atoms with Gasteiger partial charge < -0.3 is 5.32 Å². The van der Waals surface area contributed by atoms with Gasteiger partial charge in [-0.15, -0.1) is 0 Å². The number of rotatable bonds is 5. The van der Waals surface area contributed by atoms with Crippen LogP contribution >= 0.6 is 0 Å². The molecule has 0 aromatic rings. The maximum atomic E-state index is 12.4. The van der Waals surface area contributed by atoms with Crippen LogP contribution in [0.15, 0.2) is 0 Å². The Bertz CT molecular complexity index is 295. The molecule has 0 aromatic heterocycles. The summed E-state index contributed by atoms with van der Waals surface area (Å²) in [6.07, 6.45) is 1.49. The molecule has 16 heavy (non-hydrogen) atoms. The summed E-state index contributed by atoms with van der Waals surface area (Å²) in [6, 6.07) is 0. The molecule has 1 rings (SSSR count). The van der Waals surface area contributed by atoms with Crippen molar-refractivity contribution >= 4 is 10.0 Å². The smallest absolute Gasteiger partial charge is 0.217 e. The van der Waals surface area contributed by atoms with Crippen LogP contribution in [0.1, 0.15) is 33.6 Å². The molecule has 0 saturated carbocycles. The molecule has 0 radical (unpaired) electrons. The molecule has 5 heteroatoms. The Hall–Kier alpha value is -0.130. The first kappa shape index (κ1) is 13.9. The van der Waals surface area contributed by atoms with Crippen LogP contribution in [0.2, 0.25) is 0 Å². The highest BCUT2D eigenvalue weighted by molar-refractivity contribution is 7.89. The second-order valence-corrected chi connectivity index (χ2v) is 7.05. The zero-order valence-corrected chi connectivity index (χ0v) is 11.4. The highest BCUT2D eigenvalue weighted by Crippen LogP contribution is 2.18. The number of hydrogen-bond acceptors (Lipinski definition) is 3. The molecule has 1 fully saturated rings. The molecule has 1 aliphatic heterocycles. The van der Waals surface area contributed by atoms with E-state index in [-0.39, 0.29) is 5.25 Å². The normalized spacial score (nSPS) is 19.6. The van der Waals surface area contributed by atoms with Crippen molar-refractivity contribution in [2.75, 3.05) is 26.2 Å². The van der Waals surface area contributed by atoms with Gasteiger partial charge in [0.2, 0.25) is 10.0 Å². The first-order valence-corrected chi connectivity index (χ1v) is 7.68. The predicted octanol–water partition coefficient (Wildman–Crippen LogP) is 1.05. The fourth-order valence-corrected chi connectivity index (χ4v) is 4.24. The van der Waals surface area contributed by atoms with Crippen molar-refractivity contribution < 1.29 is 8.42 Å². The van der Waals surface area contributed by atoms with Crippen molar-refractivity contribution in [2.24, 2.45) is 5.92 Å². The second kappa shape index (κ2) is 5.98. The molecule has 0 amide bonds. The van der Waals surface area contributed by atoms with Gasteiger partial charge in [0.1, 0.15) is 0 Å². The summed E-state index contributed by atoms with van der Waals surface area (Å²) in [5.41, 5.74) is 0. The topological polar surface area (TPSA) is 49.4 Å². The number of piperidine rings is 1. The molecule has 0 atom stereocenters. The van der Waals surface area contributed by atoms with Crippen LogP contribution in [0.4, 0.5) is 0 Å². The van der Waals surface area contributed by atoms with Crippen LogP contribution in [-0.2, 0) is 10.0 Å². The van der Waals surface area contributed by atoms with E-state index in [0.717, 1.165) is 25.9 Å². The van der Waals surface area contributed by atoms with E-state index in [0.29, 0.717) is 19.0 Å². The van der Waals surface area contributed by atoms with Crippen molar-refractivity contribution in [3.8, 4) is 0 Å². The molecule has 1 aliphatic rings. The highest BCUT2D eigenvalue weighted by Gasteiger charge is 2.32. The third kappa shape index (κ3) is 3.43. The van der Waals surface area contributed by atoms with E-state index in [1.165, 1.54) is 0 Å². The maximum absolute atomic E-state index is 12.4. The highest BCUT2D eigenvalue weighted by atomic mass is 32.2. The van der Waals surface area contributed by atoms with Gasteiger partial charge in [-0.25, -0.2) is 12.7 Å². The monoisotopic (exact) mass is 248 g/mol. The van der Waals surface area contributed by atoms with Crippen molar-refractivity contribution in [1.82, 2.24) is 9.62 Å². The van der Waals surface area contributed by atoms with E-state index in [4.69, 9.17) is 0 Å². The molecule has 1 heterocycles. The summed E-state index contributed by atoms with van der Waals surface area (Å²) in [5.74, 6) is 0.386. The standard InChI is InChI=1S/C11H24N2O2S/c1-4-13(9-10(2)3)16(14,15)11-5-7-12-8-6-11/h10-12H,4-9H2,1-3H3. The van der Waals surface area contributed by atoms with E-state index in [2.05, 4.69) is 19.2 Å². The van der Waals surface area contributed by atoms with E-state index in [1.54, 1.807) is 4.31 Å². The van der Waals surface area contributed by atoms with Crippen molar-refractivity contribution in [1.29, 1.82) is 0 Å². The third-order valence-corrected chi connectivity index (χ3v) is 5.43. The van der Waals surface area contributed by atoms with Gasteiger partial charge in [-0.2, -0.15) is 0 Å². The lowest BCUT2D eigenvalue weighted by molar-refractivity contribution is 0.366. The number of hydrogen-bond donors (Lipinski definition) is 1. The zero-order chi connectivity index (χ0) is 12.2. The Kier molecular flexibility index (Phi) is 5.21. The lowest BCUT2D eigenvalue weighted by atomic mass is 10.2.